The standard InChI is InChI=1S/C20H20N2O2/c1-12-10-13(2)19-16-4-3-5-17(16)20(21-18(19)11-12)14-6-8-15(9-7-14)22(23)24/h3-4,6-11,16-17,20-21H,5H2,1-2H3/t16-,17+,20+/m1/s1. The van der Waals surface area contributed by atoms with Crippen LogP contribution in [0.5, 0.6) is 0 Å². The number of nitrogens with zero attached hydrogens (tertiary/aromatic N) is 1. The van der Waals surface area contributed by atoms with Gasteiger partial charge in [0.2, 0.25) is 0 Å². The number of nitro groups is 1. The summed E-state index contributed by atoms with van der Waals surface area (Å²) in [5.41, 5.74) is 6.44. The van der Waals surface area contributed by atoms with Crippen molar-refractivity contribution >= 4 is 11.4 Å². The van der Waals surface area contributed by atoms with Gasteiger partial charge in [0, 0.05) is 23.7 Å². The molecule has 0 aromatic heterocycles. The zero-order valence-electron chi connectivity index (χ0n) is 13.8. The van der Waals surface area contributed by atoms with E-state index in [-0.39, 0.29) is 16.7 Å². The average Bonchev–Trinajstić information content (AvgIpc) is 3.02. The Morgan fingerprint density at radius 1 is 1.17 bits per heavy atom. The zero-order valence-corrected chi connectivity index (χ0v) is 13.8. The number of benzene rings is 2. The van der Waals surface area contributed by atoms with Crippen LogP contribution in [0.3, 0.4) is 0 Å². The van der Waals surface area contributed by atoms with E-state index in [1.807, 2.05) is 12.1 Å². The number of hydrogen-bond donors (Lipinski definition) is 1. The Morgan fingerprint density at radius 2 is 1.92 bits per heavy atom. The van der Waals surface area contributed by atoms with Crippen molar-refractivity contribution in [2.24, 2.45) is 5.92 Å². The molecule has 2 aromatic rings. The van der Waals surface area contributed by atoms with Crippen molar-refractivity contribution < 1.29 is 4.92 Å². The maximum atomic E-state index is 10.9. The molecule has 0 bridgehead atoms. The van der Waals surface area contributed by atoms with Gasteiger partial charge in [0.1, 0.15) is 0 Å². The third-order valence-electron chi connectivity index (χ3n) is 5.28. The Labute approximate surface area is 141 Å². The van der Waals surface area contributed by atoms with E-state index in [4.69, 9.17) is 0 Å². The van der Waals surface area contributed by atoms with Crippen LogP contribution < -0.4 is 5.32 Å². The third kappa shape index (κ3) is 2.30. The van der Waals surface area contributed by atoms with Crippen LogP contribution in [0.1, 0.15) is 40.6 Å². The summed E-state index contributed by atoms with van der Waals surface area (Å²) in [6.07, 6.45) is 5.63. The summed E-state index contributed by atoms with van der Waals surface area (Å²) in [7, 11) is 0. The second-order valence-corrected chi connectivity index (χ2v) is 6.87. The number of anilines is 1. The van der Waals surface area contributed by atoms with Crippen LogP contribution in [-0.4, -0.2) is 4.92 Å². The Bertz CT molecular complexity index is 839. The first kappa shape index (κ1) is 14.9. The van der Waals surface area contributed by atoms with Crippen molar-refractivity contribution in [2.45, 2.75) is 32.2 Å². The lowest BCUT2D eigenvalue weighted by Crippen LogP contribution is -2.29. The molecule has 0 radical (unpaired) electrons. The smallest absolute Gasteiger partial charge is 0.269 e. The van der Waals surface area contributed by atoms with E-state index in [1.165, 1.54) is 22.4 Å². The Kier molecular flexibility index (Phi) is 3.41. The first-order valence-corrected chi connectivity index (χ1v) is 8.33. The molecule has 1 N–H and O–H groups in total. The van der Waals surface area contributed by atoms with Crippen LogP contribution in [0.4, 0.5) is 11.4 Å². The zero-order chi connectivity index (χ0) is 16.8. The summed E-state index contributed by atoms with van der Waals surface area (Å²) < 4.78 is 0. The van der Waals surface area contributed by atoms with Gasteiger partial charge in [-0.25, -0.2) is 0 Å². The van der Waals surface area contributed by atoms with Gasteiger partial charge in [0.25, 0.3) is 5.69 Å². The van der Waals surface area contributed by atoms with Gasteiger partial charge in [-0.2, -0.15) is 0 Å². The van der Waals surface area contributed by atoms with Crippen LogP contribution >= 0.6 is 0 Å². The highest BCUT2D eigenvalue weighted by atomic mass is 16.6. The lowest BCUT2D eigenvalue weighted by Gasteiger charge is -2.38. The molecule has 122 valence electrons. The Morgan fingerprint density at radius 3 is 2.62 bits per heavy atom. The molecule has 0 saturated carbocycles. The molecular formula is C20H20N2O2. The van der Waals surface area contributed by atoms with Gasteiger partial charge in [0.05, 0.1) is 11.0 Å². The van der Waals surface area contributed by atoms with Crippen LogP contribution in [0.25, 0.3) is 0 Å². The summed E-state index contributed by atoms with van der Waals surface area (Å²) in [4.78, 5) is 10.5. The fourth-order valence-corrected chi connectivity index (χ4v) is 4.27. The number of nitro benzene ring substituents is 1. The molecule has 0 fully saturated rings. The fraction of sp³-hybridized carbons (Fsp3) is 0.300. The van der Waals surface area contributed by atoms with Gasteiger partial charge >= 0.3 is 0 Å². The molecule has 4 rings (SSSR count). The molecular weight excluding hydrogens is 300 g/mol. The van der Waals surface area contributed by atoms with E-state index in [2.05, 4.69) is 43.4 Å². The van der Waals surface area contributed by atoms with Crippen LogP contribution in [0.15, 0.2) is 48.6 Å². The van der Waals surface area contributed by atoms with E-state index >= 15 is 0 Å². The second kappa shape index (κ2) is 5.48. The molecule has 4 nitrogen and oxygen atoms in total. The van der Waals surface area contributed by atoms with Gasteiger partial charge < -0.3 is 5.32 Å². The Hall–Kier alpha value is -2.62. The van der Waals surface area contributed by atoms with E-state index < -0.39 is 0 Å². The highest BCUT2D eigenvalue weighted by Gasteiger charge is 2.38. The minimum Gasteiger partial charge on any atom is -0.378 e. The summed E-state index contributed by atoms with van der Waals surface area (Å²) in [6, 6.07) is 11.6. The van der Waals surface area contributed by atoms with Crippen LogP contribution in [0.2, 0.25) is 0 Å². The fourth-order valence-electron chi connectivity index (χ4n) is 4.27. The molecule has 1 aliphatic carbocycles. The molecule has 0 spiro atoms. The van der Waals surface area contributed by atoms with Gasteiger partial charge in [-0.1, -0.05) is 30.4 Å². The summed E-state index contributed by atoms with van der Waals surface area (Å²) in [5, 5.41) is 14.6. The van der Waals surface area contributed by atoms with Gasteiger partial charge in [-0.3, -0.25) is 10.1 Å². The highest BCUT2D eigenvalue weighted by Crippen LogP contribution is 2.51. The average molecular weight is 320 g/mol. The van der Waals surface area contributed by atoms with Gasteiger partial charge in [-0.05, 0) is 54.5 Å². The topological polar surface area (TPSA) is 55.2 Å². The van der Waals surface area contributed by atoms with E-state index in [0.29, 0.717) is 11.8 Å². The normalized spacial score (nSPS) is 24.2. The SMILES string of the molecule is Cc1cc(C)c2c(c1)N[C@@H](c1ccc([N+](=O)[O-])cc1)[C@H]1CC=C[C@@H]21. The predicted octanol–water partition coefficient (Wildman–Crippen LogP) is 5.04. The van der Waals surface area contributed by atoms with E-state index in [0.717, 1.165) is 12.0 Å². The number of aryl methyl sites for hydroxylation is 2. The molecule has 1 aliphatic heterocycles. The minimum atomic E-state index is -0.347. The van der Waals surface area contributed by atoms with Crippen molar-refractivity contribution in [2.75, 3.05) is 5.32 Å². The molecule has 24 heavy (non-hydrogen) atoms. The van der Waals surface area contributed by atoms with Crippen molar-refractivity contribution in [1.82, 2.24) is 0 Å². The monoisotopic (exact) mass is 320 g/mol. The predicted molar refractivity (Wildman–Crippen MR) is 95.4 cm³/mol. The first-order chi connectivity index (χ1) is 11.5. The number of rotatable bonds is 2. The van der Waals surface area contributed by atoms with Gasteiger partial charge in [0.15, 0.2) is 0 Å². The molecule has 2 aromatic carbocycles. The number of fused-ring (bicyclic) bond motifs is 3. The van der Waals surface area contributed by atoms with E-state index in [9.17, 15) is 10.1 Å². The lowest BCUT2D eigenvalue weighted by atomic mass is 9.75. The van der Waals surface area contributed by atoms with Crippen molar-refractivity contribution in [1.29, 1.82) is 0 Å². The highest BCUT2D eigenvalue weighted by molar-refractivity contribution is 5.63. The molecule has 1 heterocycles. The number of hydrogen-bond acceptors (Lipinski definition) is 3. The molecule has 4 heteroatoms. The summed E-state index contributed by atoms with van der Waals surface area (Å²) in [6.45, 7) is 4.30. The number of nitrogens with one attached hydrogen (secondary N) is 1. The molecule has 0 saturated heterocycles. The minimum absolute atomic E-state index is 0.141. The quantitative estimate of drug-likeness (QED) is 0.479. The van der Waals surface area contributed by atoms with Crippen molar-refractivity contribution in [3.05, 3.63) is 80.9 Å². The maximum absolute atomic E-state index is 10.9. The number of non-ortho nitro benzene ring substituents is 1. The molecule has 3 atom stereocenters. The largest absolute Gasteiger partial charge is 0.378 e. The third-order valence-corrected chi connectivity index (χ3v) is 5.28. The van der Waals surface area contributed by atoms with Crippen LogP contribution in [0, 0.1) is 29.9 Å². The first-order valence-electron chi connectivity index (χ1n) is 8.33. The van der Waals surface area contributed by atoms with Crippen molar-refractivity contribution in [3.8, 4) is 0 Å². The number of allylic oxidation sites excluding steroid dienone is 2. The maximum Gasteiger partial charge on any atom is 0.269 e. The summed E-state index contributed by atoms with van der Waals surface area (Å²) >= 11 is 0. The second-order valence-electron chi connectivity index (χ2n) is 6.87. The molecule has 0 amide bonds. The summed E-state index contributed by atoms with van der Waals surface area (Å²) in [5.74, 6) is 0.877. The molecule has 2 aliphatic rings. The van der Waals surface area contributed by atoms with Gasteiger partial charge in [-0.15, -0.1) is 0 Å². The van der Waals surface area contributed by atoms with Crippen molar-refractivity contribution in [3.63, 3.8) is 0 Å². The Balaban J connectivity index is 1.76. The molecule has 0 unspecified atom stereocenters. The van der Waals surface area contributed by atoms with E-state index in [1.54, 1.807) is 12.1 Å². The lowest BCUT2D eigenvalue weighted by molar-refractivity contribution is -0.384. The van der Waals surface area contributed by atoms with Crippen LogP contribution in [-0.2, 0) is 0 Å².